The highest BCUT2D eigenvalue weighted by molar-refractivity contribution is 9.10. The first-order valence-electron chi connectivity index (χ1n) is 5.09. The zero-order valence-electron chi connectivity index (χ0n) is 9.15. The zero-order valence-corrected chi connectivity index (χ0v) is 11.5. The Morgan fingerprint density at radius 3 is 2.56 bits per heavy atom. The Hall–Kier alpha value is -1.59. The van der Waals surface area contributed by atoms with Crippen LogP contribution >= 0.6 is 27.5 Å². The number of aromatic nitrogens is 1. The van der Waals surface area contributed by atoms with Gasteiger partial charge in [0.25, 0.3) is 0 Å². The van der Waals surface area contributed by atoms with Gasteiger partial charge in [-0.2, -0.15) is 0 Å². The zero-order chi connectivity index (χ0) is 13.0. The first kappa shape index (κ1) is 12.9. The van der Waals surface area contributed by atoms with Crippen LogP contribution in [0.2, 0.25) is 5.15 Å². The summed E-state index contributed by atoms with van der Waals surface area (Å²) < 4.78 is 0.948. The quantitative estimate of drug-likeness (QED) is 0.815. The Kier molecular flexibility index (Phi) is 4.17. The predicted octanol–water partition coefficient (Wildman–Crippen LogP) is 4.14. The van der Waals surface area contributed by atoms with Crippen LogP contribution in [0.15, 0.2) is 47.1 Å². The second-order valence-electron chi connectivity index (χ2n) is 3.43. The van der Waals surface area contributed by atoms with Crippen molar-refractivity contribution in [3.63, 3.8) is 0 Å². The molecule has 0 saturated heterocycles. The van der Waals surface area contributed by atoms with Gasteiger partial charge in [0.2, 0.25) is 0 Å². The number of benzene rings is 1. The Labute approximate surface area is 118 Å². The van der Waals surface area contributed by atoms with Crippen molar-refractivity contribution < 1.29 is 4.79 Å². The van der Waals surface area contributed by atoms with Crippen molar-refractivity contribution in [2.24, 2.45) is 0 Å². The molecular weight excluding hydrogens is 318 g/mol. The lowest BCUT2D eigenvalue weighted by atomic mass is 10.3. The Morgan fingerprint density at radius 1 is 1.17 bits per heavy atom. The second-order valence-corrected chi connectivity index (χ2v) is 4.70. The molecule has 0 aliphatic rings. The van der Waals surface area contributed by atoms with Crippen LogP contribution in [0.5, 0.6) is 0 Å². The summed E-state index contributed by atoms with van der Waals surface area (Å²) in [5.41, 5.74) is 1.16. The molecule has 0 saturated carbocycles. The maximum atomic E-state index is 11.7. The van der Waals surface area contributed by atoms with Gasteiger partial charge in [-0.25, -0.2) is 9.78 Å². The number of hydrogen-bond acceptors (Lipinski definition) is 2. The molecule has 0 fully saturated rings. The molecule has 1 aromatic carbocycles. The van der Waals surface area contributed by atoms with Crippen LogP contribution < -0.4 is 10.6 Å². The molecule has 92 valence electrons. The van der Waals surface area contributed by atoms with Crippen LogP contribution in [0, 0.1) is 0 Å². The van der Waals surface area contributed by atoms with Crippen LogP contribution in [-0.2, 0) is 0 Å². The van der Waals surface area contributed by atoms with Crippen LogP contribution in [0.3, 0.4) is 0 Å². The van der Waals surface area contributed by atoms with E-state index in [9.17, 15) is 4.79 Å². The third-order valence-corrected chi connectivity index (χ3v) is 2.94. The third-order valence-electron chi connectivity index (χ3n) is 2.11. The average Bonchev–Trinajstić information content (AvgIpc) is 2.35. The number of rotatable bonds is 2. The SMILES string of the molecule is O=C(Nc1ccc(Br)cc1)Nc1cccnc1Cl. The van der Waals surface area contributed by atoms with Gasteiger partial charge in [0.05, 0.1) is 5.69 Å². The van der Waals surface area contributed by atoms with E-state index in [-0.39, 0.29) is 11.2 Å². The van der Waals surface area contributed by atoms with E-state index in [2.05, 4.69) is 31.5 Å². The van der Waals surface area contributed by atoms with Crippen molar-refractivity contribution in [3.05, 3.63) is 52.2 Å². The minimum Gasteiger partial charge on any atom is -0.308 e. The molecule has 0 unspecified atom stereocenters. The summed E-state index contributed by atoms with van der Waals surface area (Å²) in [5, 5.41) is 5.56. The molecule has 2 rings (SSSR count). The number of carbonyl (C=O) groups excluding carboxylic acids is 1. The van der Waals surface area contributed by atoms with Crippen LogP contribution in [-0.4, -0.2) is 11.0 Å². The normalized spacial score (nSPS) is 9.89. The maximum Gasteiger partial charge on any atom is 0.323 e. The largest absolute Gasteiger partial charge is 0.323 e. The van der Waals surface area contributed by atoms with Gasteiger partial charge in [0, 0.05) is 16.4 Å². The fourth-order valence-corrected chi connectivity index (χ4v) is 1.73. The number of anilines is 2. The Bertz CT molecular complexity index is 560. The summed E-state index contributed by atoms with van der Waals surface area (Å²) in [6.07, 6.45) is 1.56. The molecule has 0 atom stereocenters. The molecule has 2 amide bonds. The number of nitrogens with zero attached hydrogens (tertiary/aromatic N) is 1. The topological polar surface area (TPSA) is 54.0 Å². The molecule has 0 radical (unpaired) electrons. The lowest BCUT2D eigenvalue weighted by Crippen LogP contribution is -2.19. The highest BCUT2D eigenvalue weighted by Gasteiger charge is 2.05. The van der Waals surface area contributed by atoms with Gasteiger partial charge in [-0.05, 0) is 36.4 Å². The summed E-state index contributed by atoms with van der Waals surface area (Å²) in [7, 11) is 0. The molecule has 2 aromatic rings. The maximum absolute atomic E-state index is 11.7. The van der Waals surface area contributed by atoms with E-state index in [4.69, 9.17) is 11.6 Å². The van der Waals surface area contributed by atoms with Gasteiger partial charge in [0.1, 0.15) is 0 Å². The average molecular weight is 327 g/mol. The van der Waals surface area contributed by atoms with Crippen molar-refractivity contribution in [3.8, 4) is 0 Å². The van der Waals surface area contributed by atoms with E-state index in [1.165, 1.54) is 0 Å². The second kappa shape index (κ2) is 5.84. The number of amides is 2. The minimum absolute atomic E-state index is 0.253. The fourth-order valence-electron chi connectivity index (χ4n) is 1.30. The summed E-state index contributed by atoms with van der Waals surface area (Å²) in [6.45, 7) is 0. The van der Waals surface area contributed by atoms with Gasteiger partial charge in [0.15, 0.2) is 5.15 Å². The van der Waals surface area contributed by atoms with Crippen molar-refractivity contribution in [2.75, 3.05) is 10.6 Å². The lowest BCUT2D eigenvalue weighted by molar-refractivity contribution is 0.262. The minimum atomic E-state index is -0.368. The molecule has 0 aliphatic heterocycles. The first-order chi connectivity index (χ1) is 8.65. The van der Waals surface area contributed by atoms with Crippen molar-refractivity contribution in [2.45, 2.75) is 0 Å². The summed E-state index contributed by atoms with van der Waals surface area (Å²) in [5.74, 6) is 0. The van der Waals surface area contributed by atoms with Crippen molar-refractivity contribution in [1.82, 2.24) is 4.98 Å². The number of carbonyl (C=O) groups is 1. The molecule has 1 heterocycles. The summed E-state index contributed by atoms with van der Waals surface area (Å²) in [6, 6.07) is 10.3. The third kappa shape index (κ3) is 3.45. The molecular formula is C12H9BrClN3O. The summed E-state index contributed by atoms with van der Waals surface area (Å²) in [4.78, 5) is 15.6. The monoisotopic (exact) mass is 325 g/mol. The summed E-state index contributed by atoms with van der Waals surface area (Å²) >= 11 is 9.15. The molecule has 4 nitrogen and oxygen atoms in total. The molecule has 1 aromatic heterocycles. The lowest BCUT2D eigenvalue weighted by Gasteiger charge is -2.08. The van der Waals surface area contributed by atoms with Gasteiger partial charge < -0.3 is 10.6 Å². The number of pyridine rings is 1. The predicted molar refractivity (Wildman–Crippen MR) is 76.0 cm³/mol. The van der Waals surface area contributed by atoms with Gasteiger partial charge >= 0.3 is 6.03 Å². The van der Waals surface area contributed by atoms with Crippen LogP contribution in [0.4, 0.5) is 16.2 Å². The Morgan fingerprint density at radius 2 is 1.89 bits per heavy atom. The molecule has 0 spiro atoms. The first-order valence-corrected chi connectivity index (χ1v) is 6.26. The smallest absolute Gasteiger partial charge is 0.308 e. The van der Waals surface area contributed by atoms with Gasteiger partial charge in [-0.3, -0.25) is 0 Å². The standard InChI is InChI=1S/C12H9BrClN3O/c13-8-3-5-9(6-4-8)16-12(18)17-10-2-1-7-15-11(10)14/h1-7H,(H2,16,17,18). The van der Waals surface area contributed by atoms with Crippen LogP contribution in [0.1, 0.15) is 0 Å². The van der Waals surface area contributed by atoms with Crippen molar-refractivity contribution in [1.29, 1.82) is 0 Å². The molecule has 6 heteroatoms. The molecule has 2 N–H and O–H groups in total. The number of hydrogen-bond donors (Lipinski definition) is 2. The highest BCUT2D eigenvalue weighted by Crippen LogP contribution is 2.18. The molecule has 0 bridgehead atoms. The van der Waals surface area contributed by atoms with E-state index < -0.39 is 0 Å². The van der Waals surface area contributed by atoms with E-state index in [1.807, 2.05) is 12.1 Å². The van der Waals surface area contributed by atoms with Crippen molar-refractivity contribution >= 4 is 44.9 Å². The molecule has 18 heavy (non-hydrogen) atoms. The van der Waals surface area contributed by atoms with E-state index >= 15 is 0 Å². The Balaban J connectivity index is 2.01. The molecule has 0 aliphatic carbocycles. The fraction of sp³-hybridized carbons (Fsp3) is 0. The van der Waals surface area contributed by atoms with E-state index in [0.717, 1.165) is 4.47 Å². The number of nitrogens with one attached hydrogen (secondary N) is 2. The van der Waals surface area contributed by atoms with E-state index in [0.29, 0.717) is 11.4 Å². The van der Waals surface area contributed by atoms with Gasteiger partial charge in [-0.1, -0.05) is 27.5 Å². The highest BCUT2D eigenvalue weighted by atomic mass is 79.9. The van der Waals surface area contributed by atoms with E-state index in [1.54, 1.807) is 30.5 Å². The number of halogens is 2. The van der Waals surface area contributed by atoms with Crippen LogP contribution in [0.25, 0.3) is 0 Å². The van der Waals surface area contributed by atoms with Gasteiger partial charge in [-0.15, -0.1) is 0 Å². The number of urea groups is 1.